The third-order valence-corrected chi connectivity index (χ3v) is 6.84. The van der Waals surface area contributed by atoms with Gasteiger partial charge in [-0.05, 0) is 45.5 Å². The fourth-order valence-electron chi connectivity index (χ4n) is 5.15. The Bertz CT molecular complexity index is 1470. The van der Waals surface area contributed by atoms with Gasteiger partial charge in [0.15, 0.2) is 0 Å². The number of hydrogen-bond donors (Lipinski definition) is 1. The summed E-state index contributed by atoms with van der Waals surface area (Å²) in [7, 11) is 0. The summed E-state index contributed by atoms with van der Waals surface area (Å²) in [5.74, 6) is 0. The van der Waals surface area contributed by atoms with E-state index in [0.717, 1.165) is 50.1 Å². The molecule has 158 valence electrons. The molecule has 0 radical (unpaired) electrons. The third-order valence-electron chi connectivity index (χ3n) is 6.59. The predicted molar refractivity (Wildman–Crippen MR) is 136 cm³/mol. The van der Waals surface area contributed by atoms with Crippen molar-refractivity contribution in [3.63, 3.8) is 0 Å². The first-order valence-electron chi connectivity index (χ1n) is 11.0. The van der Waals surface area contributed by atoms with Crippen molar-refractivity contribution < 1.29 is 5.11 Å². The Morgan fingerprint density at radius 1 is 0.455 bits per heavy atom. The second kappa shape index (κ2) is 7.74. The van der Waals surface area contributed by atoms with E-state index in [9.17, 15) is 5.11 Å². The van der Waals surface area contributed by atoms with Crippen LogP contribution in [-0.4, -0.2) is 5.11 Å². The molecule has 1 unspecified atom stereocenters. The quantitative estimate of drug-likeness (QED) is 0.299. The molecule has 0 aromatic heterocycles. The number of benzene rings is 5. The zero-order valence-electron chi connectivity index (χ0n) is 17.9. The van der Waals surface area contributed by atoms with Gasteiger partial charge >= 0.3 is 0 Å². The molecular weight excluding hydrogens is 424 g/mol. The van der Waals surface area contributed by atoms with Gasteiger partial charge in [0.2, 0.25) is 0 Å². The molecule has 0 spiro atoms. The second-order valence-corrected chi connectivity index (χ2v) is 8.84. The van der Waals surface area contributed by atoms with Crippen LogP contribution in [0.4, 0.5) is 0 Å². The maximum absolute atomic E-state index is 12.8. The molecule has 33 heavy (non-hydrogen) atoms. The number of rotatable bonds is 3. The Hall–Kier alpha value is -3.65. The molecule has 1 aliphatic rings. The smallest absolute Gasteiger partial charge is 0.142 e. The molecule has 1 N–H and O–H groups in total. The van der Waals surface area contributed by atoms with Gasteiger partial charge in [-0.3, -0.25) is 0 Å². The molecular formula is C31H21ClO. The highest BCUT2D eigenvalue weighted by Gasteiger charge is 2.45. The van der Waals surface area contributed by atoms with Gasteiger partial charge in [0.25, 0.3) is 0 Å². The van der Waals surface area contributed by atoms with Crippen LogP contribution in [0.2, 0.25) is 5.02 Å². The monoisotopic (exact) mass is 444 g/mol. The molecule has 0 aliphatic heterocycles. The van der Waals surface area contributed by atoms with Crippen molar-refractivity contribution in [1.29, 1.82) is 0 Å². The summed E-state index contributed by atoms with van der Waals surface area (Å²) in [5, 5.41) is 13.5. The molecule has 1 aliphatic carbocycles. The van der Waals surface area contributed by atoms with Crippen LogP contribution in [0.5, 0.6) is 0 Å². The Kier molecular flexibility index (Phi) is 4.69. The van der Waals surface area contributed by atoms with Crippen LogP contribution < -0.4 is 0 Å². The van der Waals surface area contributed by atoms with Crippen LogP contribution >= 0.6 is 11.6 Å². The third kappa shape index (κ3) is 3.05. The lowest BCUT2D eigenvalue weighted by Gasteiger charge is -2.31. The van der Waals surface area contributed by atoms with Crippen LogP contribution in [0.1, 0.15) is 16.7 Å². The van der Waals surface area contributed by atoms with Crippen molar-refractivity contribution in [1.82, 2.24) is 0 Å². The van der Waals surface area contributed by atoms with Crippen LogP contribution in [0.3, 0.4) is 0 Å². The molecule has 0 fully saturated rings. The molecule has 0 heterocycles. The van der Waals surface area contributed by atoms with Crippen molar-refractivity contribution in [2.45, 2.75) is 5.60 Å². The molecule has 0 amide bonds. The van der Waals surface area contributed by atoms with E-state index >= 15 is 0 Å². The number of halogens is 1. The molecule has 5 aromatic rings. The van der Waals surface area contributed by atoms with Crippen molar-refractivity contribution >= 4 is 11.6 Å². The lowest BCUT2D eigenvalue weighted by Crippen LogP contribution is -2.27. The van der Waals surface area contributed by atoms with Crippen molar-refractivity contribution in [2.24, 2.45) is 0 Å². The minimum Gasteiger partial charge on any atom is -0.376 e. The van der Waals surface area contributed by atoms with Gasteiger partial charge in [0.1, 0.15) is 5.60 Å². The predicted octanol–water partition coefficient (Wildman–Crippen LogP) is 7.94. The fraction of sp³-hybridized carbons (Fsp3) is 0.0323. The van der Waals surface area contributed by atoms with Crippen molar-refractivity contribution in [3.05, 3.63) is 143 Å². The van der Waals surface area contributed by atoms with Gasteiger partial charge in [-0.1, -0.05) is 121 Å². The summed E-state index contributed by atoms with van der Waals surface area (Å²) in [4.78, 5) is 0. The fourth-order valence-corrected chi connectivity index (χ4v) is 5.28. The Morgan fingerprint density at radius 3 is 1.70 bits per heavy atom. The maximum atomic E-state index is 12.8. The normalized spacial score (nSPS) is 16.3. The first kappa shape index (κ1) is 20.0. The van der Waals surface area contributed by atoms with Crippen LogP contribution in [0, 0.1) is 0 Å². The minimum atomic E-state index is -1.30. The zero-order chi connectivity index (χ0) is 22.4. The topological polar surface area (TPSA) is 20.2 Å². The standard InChI is InChI=1S/C31H21ClO/c32-23-19-17-22(18-20-23)25-13-8-14-27-26-12-5-7-16-29(26)31(33,30(25)27)28-15-6-4-11-24(28)21-9-2-1-3-10-21/h1-20,33H. The van der Waals surface area contributed by atoms with E-state index < -0.39 is 5.60 Å². The highest BCUT2D eigenvalue weighted by Crippen LogP contribution is 2.55. The average Bonchev–Trinajstić information content (AvgIpc) is 3.15. The summed E-state index contributed by atoms with van der Waals surface area (Å²) in [5.41, 5.74) is 7.66. The highest BCUT2D eigenvalue weighted by atomic mass is 35.5. The van der Waals surface area contributed by atoms with Gasteiger partial charge in [0.05, 0.1) is 0 Å². The van der Waals surface area contributed by atoms with E-state index in [-0.39, 0.29) is 0 Å². The molecule has 6 rings (SSSR count). The van der Waals surface area contributed by atoms with Crippen molar-refractivity contribution in [3.8, 4) is 33.4 Å². The maximum Gasteiger partial charge on any atom is 0.142 e. The van der Waals surface area contributed by atoms with Gasteiger partial charge in [0, 0.05) is 21.7 Å². The van der Waals surface area contributed by atoms with E-state index in [4.69, 9.17) is 11.6 Å². The molecule has 0 saturated heterocycles. The van der Waals surface area contributed by atoms with Crippen LogP contribution in [-0.2, 0) is 5.60 Å². The van der Waals surface area contributed by atoms with Gasteiger partial charge in [-0.15, -0.1) is 0 Å². The average molecular weight is 445 g/mol. The molecule has 5 aromatic carbocycles. The SMILES string of the molecule is OC1(c2ccccc2-c2ccccc2)c2ccccc2-c2cccc(-c3ccc(Cl)cc3)c21. The summed E-state index contributed by atoms with van der Waals surface area (Å²) in [6.07, 6.45) is 0. The Morgan fingerprint density at radius 2 is 0.970 bits per heavy atom. The second-order valence-electron chi connectivity index (χ2n) is 8.40. The van der Waals surface area contributed by atoms with Crippen LogP contribution in [0.15, 0.2) is 121 Å². The first-order chi connectivity index (χ1) is 16.2. The Balaban J connectivity index is 1.70. The van der Waals surface area contributed by atoms with Gasteiger partial charge < -0.3 is 5.11 Å². The molecule has 0 bridgehead atoms. The summed E-state index contributed by atoms with van der Waals surface area (Å²) < 4.78 is 0. The Labute approximate surface area is 198 Å². The van der Waals surface area contributed by atoms with Crippen molar-refractivity contribution in [2.75, 3.05) is 0 Å². The lowest BCUT2D eigenvalue weighted by molar-refractivity contribution is 0.132. The summed E-state index contributed by atoms with van der Waals surface area (Å²) in [6.45, 7) is 0. The van der Waals surface area contributed by atoms with E-state index in [2.05, 4.69) is 42.5 Å². The van der Waals surface area contributed by atoms with E-state index in [1.165, 1.54) is 0 Å². The van der Waals surface area contributed by atoms with Crippen LogP contribution in [0.25, 0.3) is 33.4 Å². The molecule has 1 atom stereocenters. The molecule has 0 saturated carbocycles. The highest BCUT2D eigenvalue weighted by molar-refractivity contribution is 6.30. The summed E-state index contributed by atoms with van der Waals surface area (Å²) >= 11 is 6.18. The number of fused-ring (bicyclic) bond motifs is 3. The summed E-state index contributed by atoms with van der Waals surface area (Å²) in [6, 6.07) is 40.7. The molecule has 2 heteroatoms. The largest absolute Gasteiger partial charge is 0.376 e. The van der Waals surface area contributed by atoms with E-state index in [1.807, 2.05) is 78.9 Å². The first-order valence-corrected chi connectivity index (χ1v) is 11.4. The van der Waals surface area contributed by atoms with E-state index in [0.29, 0.717) is 5.02 Å². The van der Waals surface area contributed by atoms with E-state index in [1.54, 1.807) is 0 Å². The number of aliphatic hydroxyl groups is 1. The zero-order valence-corrected chi connectivity index (χ0v) is 18.6. The van der Waals surface area contributed by atoms with Gasteiger partial charge in [-0.25, -0.2) is 0 Å². The minimum absolute atomic E-state index is 0.694. The number of hydrogen-bond acceptors (Lipinski definition) is 1. The molecule has 1 nitrogen and oxygen atoms in total. The lowest BCUT2D eigenvalue weighted by atomic mass is 9.78. The van der Waals surface area contributed by atoms with Gasteiger partial charge in [-0.2, -0.15) is 0 Å².